The zero-order valence-corrected chi connectivity index (χ0v) is 48.6. The number of pyridine rings is 1. The van der Waals surface area contributed by atoms with Crippen LogP contribution in [0.25, 0.3) is 83.4 Å². The summed E-state index contributed by atoms with van der Waals surface area (Å²) in [6.45, 7) is 6.54. The molecule has 11 aromatic carbocycles. The average molecular weight is 1270 g/mol. The van der Waals surface area contributed by atoms with Crippen LogP contribution >= 0.6 is 0 Å². The Morgan fingerprint density at radius 3 is 1.70 bits per heavy atom. The van der Waals surface area contributed by atoms with Gasteiger partial charge in [-0.05, 0) is 94.4 Å². The average Bonchev–Trinajstić information content (AvgIpc) is 1.67. The number of nitrogens with zero attached hydrogens (tertiary/aromatic N) is 4. The molecular formula is C76H56N4OPtSi-2. The Hall–Kier alpha value is -9.45. The van der Waals surface area contributed by atoms with Gasteiger partial charge in [-0.15, -0.1) is 29.7 Å². The summed E-state index contributed by atoms with van der Waals surface area (Å²) < 4.78 is 103. The summed E-state index contributed by atoms with van der Waals surface area (Å²) in [5.74, 6) is 1.47. The Balaban J connectivity index is 0.00000787. The number of imidazole rings is 1. The smallest absolute Gasteiger partial charge is 0.268 e. The van der Waals surface area contributed by atoms with Crippen molar-refractivity contribution in [3.63, 3.8) is 0 Å². The van der Waals surface area contributed by atoms with Crippen molar-refractivity contribution in [2.75, 3.05) is 0 Å². The second kappa shape index (κ2) is 22.1. The first-order valence-electron chi connectivity index (χ1n) is 32.1. The van der Waals surface area contributed by atoms with Gasteiger partial charge in [-0.2, -0.15) is 18.2 Å². The minimum Gasteiger partial charge on any atom is -0.510 e. The Labute approximate surface area is 514 Å². The molecular weight excluding hydrogens is 1210 g/mol. The van der Waals surface area contributed by atoms with E-state index in [2.05, 4.69) is 165 Å². The molecule has 0 atom stereocenters. The molecule has 0 saturated heterocycles. The monoisotopic (exact) mass is 1270 g/mol. The summed E-state index contributed by atoms with van der Waals surface area (Å²) in [6, 6.07) is 74.6. The Kier molecular flexibility index (Phi) is 11.3. The van der Waals surface area contributed by atoms with Gasteiger partial charge < -0.3 is 13.9 Å². The molecule has 0 spiro atoms. The molecule has 0 aliphatic heterocycles. The molecule has 7 heteroatoms. The molecule has 0 aliphatic rings. The number of para-hydroxylation sites is 1. The van der Waals surface area contributed by atoms with E-state index in [1.165, 1.54) is 0 Å². The summed E-state index contributed by atoms with van der Waals surface area (Å²) in [5.41, 5.74) is 6.46. The molecule has 5 nitrogen and oxygen atoms in total. The fraction of sp³-hybridized carbons (Fsp3) is 0.0526. The summed E-state index contributed by atoms with van der Waals surface area (Å²) >= 11 is 0. The van der Waals surface area contributed by atoms with Crippen LogP contribution in [0.15, 0.2) is 285 Å². The van der Waals surface area contributed by atoms with E-state index in [0.717, 1.165) is 65.1 Å². The van der Waals surface area contributed by atoms with Gasteiger partial charge in [0.2, 0.25) is 0 Å². The maximum Gasteiger partial charge on any atom is 0.268 e. The molecule has 0 unspecified atom stereocenters. The number of benzene rings is 11. The quantitative estimate of drug-likeness (QED) is 0.0529. The molecule has 0 aliphatic carbocycles. The third-order valence-corrected chi connectivity index (χ3v) is 20.1. The van der Waals surface area contributed by atoms with Crippen molar-refractivity contribution in [3.8, 4) is 62.1 Å². The second-order valence-electron chi connectivity index (χ2n) is 21.2. The van der Waals surface area contributed by atoms with Crippen LogP contribution in [0.3, 0.4) is 0 Å². The van der Waals surface area contributed by atoms with Crippen LogP contribution in [-0.2, 0) is 26.5 Å². The van der Waals surface area contributed by atoms with Gasteiger partial charge in [-0.1, -0.05) is 257 Å². The van der Waals surface area contributed by atoms with E-state index in [0.29, 0.717) is 28.2 Å². The largest absolute Gasteiger partial charge is 0.510 e. The first-order valence-corrected chi connectivity index (χ1v) is 29.1. The Morgan fingerprint density at radius 1 is 0.494 bits per heavy atom. The van der Waals surface area contributed by atoms with Gasteiger partial charge in [-0.3, -0.25) is 4.57 Å². The summed E-state index contributed by atoms with van der Waals surface area (Å²) in [5, 5.41) is 6.31. The topological polar surface area (TPSA) is 35.9 Å². The standard InChI is InChI=1S/C76H56N4OSi.Pt/c1-76(2,3)58-46-47-77-74(49-58)80-70-44-40-57(54-24-10-4-11-25-54)48-69(70)68-43-41-61(51-72(68)80)81-60-31-22-30-59(50-60)78-53-79(75-66(55-26-12-5-13-27-55)38-23-39-67(75)56-28-14-6-15-29-56)71-45-42-65(52-73(71)78)82(62-32-16-7-17-33-62,63-34-18-8-19-35-63)64-36-20-9-21-37-64;/h4-49,52H,1-3H3;/q-2;/i5D,6D,12D,13D,14D,15D,26D,27D,28D,29D;. The molecule has 3 aromatic heterocycles. The Bertz CT molecular complexity index is 5020. The number of rotatable bonds is 12. The van der Waals surface area contributed by atoms with Crippen LogP contribution < -0.4 is 30.1 Å². The molecule has 0 radical (unpaired) electrons. The Morgan fingerprint density at radius 2 is 1.08 bits per heavy atom. The van der Waals surface area contributed by atoms with Gasteiger partial charge in [0.15, 0.2) is 8.07 Å². The van der Waals surface area contributed by atoms with E-state index >= 15 is 0 Å². The van der Waals surface area contributed by atoms with Crippen molar-refractivity contribution in [2.45, 2.75) is 26.2 Å². The van der Waals surface area contributed by atoms with Crippen molar-refractivity contribution in [2.24, 2.45) is 0 Å². The number of aromatic nitrogens is 4. The number of ether oxygens (including phenoxy) is 1. The molecule has 0 N–H and O–H groups in total. The molecule has 83 heavy (non-hydrogen) atoms. The van der Waals surface area contributed by atoms with Crippen LogP contribution in [0.1, 0.15) is 40.0 Å². The minimum absolute atomic E-state index is 0. The first kappa shape index (κ1) is 42.4. The summed E-state index contributed by atoms with van der Waals surface area (Å²) in [6.07, 6.45) is 5.47. The fourth-order valence-corrected chi connectivity index (χ4v) is 16.3. The molecule has 0 amide bonds. The van der Waals surface area contributed by atoms with E-state index in [9.17, 15) is 5.48 Å². The van der Waals surface area contributed by atoms with Crippen LogP contribution in [0.5, 0.6) is 11.5 Å². The van der Waals surface area contributed by atoms with E-state index < -0.39 is 68.5 Å². The molecule has 0 bridgehead atoms. The van der Waals surface area contributed by atoms with Gasteiger partial charge in [0.25, 0.3) is 6.33 Å². The SMILES string of the molecule is [2H]c1c([2H])c([2H])c(-c2cccc(-c3c([2H])c([2H])c([2H])c([2H])c3[2H])c2-[n+]2[c-]n(-c3[c-]c(Oc4[c-]c5c(cc4)c4cc(-c6ccccc6)ccc4n5-c4cc(C(C)(C)C)ccn4)ccc3)c3cc([Si](c4ccccc4)(c4ccccc4)c4ccccc4)ccc32)c([2H])c1[2H].[Pt]. The molecule has 14 aromatic rings. The van der Waals surface area contributed by atoms with E-state index in [4.69, 9.17) is 17.9 Å². The van der Waals surface area contributed by atoms with Crippen molar-refractivity contribution in [1.82, 2.24) is 14.1 Å². The third-order valence-electron chi connectivity index (χ3n) is 15.3. The van der Waals surface area contributed by atoms with Gasteiger partial charge in [0.05, 0.1) is 30.4 Å². The summed E-state index contributed by atoms with van der Waals surface area (Å²) in [4.78, 5) is 4.95. The van der Waals surface area contributed by atoms with Gasteiger partial charge >= 0.3 is 0 Å². The predicted molar refractivity (Wildman–Crippen MR) is 339 cm³/mol. The molecule has 14 rings (SSSR count). The minimum atomic E-state index is -3.26. The first-order chi connectivity index (χ1) is 44.4. The zero-order chi connectivity index (χ0) is 63.9. The van der Waals surface area contributed by atoms with Crippen LogP contribution in [0, 0.1) is 18.5 Å². The molecule has 402 valence electrons. The molecule has 3 heterocycles. The third kappa shape index (κ3) is 9.64. The zero-order valence-electron chi connectivity index (χ0n) is 55.4. The van der Waals surface area contributed by atoms with Crippen molar-refractivity contribution in [3.05, 3.63) is 309 Å². The van der Waals surface area contributed by atoms with Crippen molar-refractivity contribution in [1.29, 1.82) is 0 Å². The van der Waals surface area contributed by atoms with Crippen molar-refractivity contribution >= 4 is 61.7 Å². The van der Waals surface area contributed by atoms with Gasteiger partial charge in [-0.25, -0.2) is 4.98 Å². The summed E-state index contributed by atoms with van der Waals surface area (Å²) in [7, 11) is -3.26. The van der Waals surface area contributed by atoms with E-state index in [1.54, 1.807) is 22.8 Å². The number of fused-ring (bicyclic) bond motifs is 4. The maximum absolute atomic E-state index is 9.37. The van der Waals surface area contributed by atoms with Gasteiger partial charge in [0.1, 0.15) is 5.82 Å². The molecule has 0 saturated carbocycles. The van der Waals surface area contributed by atoms with Crippen LogP contribution in [0.2, 0.25) is 0 Å². The van der Waals surface area contributed by atoms with Crippen LogP contribution in [-0.4, -0.2) is 22.2 Å². The number of hydrogen-bond donors (Lipinski definition) is 0. The van der Waals surface area contributed by atoms with E-state index in [1.807, 2.05) is 89.6 Å². The maximum atomic E-state index is 9.37. The second-order valence-corrected chi connectivity index (χ2v) is 25.0. The van der Waals surface area contributed by atoms with Crippen molar-refractivity contribution < 1.29 is 44.1 Å². The molecule has 0 fully saturated rings. The number of hydrogen-bond acceptors (Lipinski definition) is 2. The van der Waals surface area contributed by atoms with E-state index in [-0.39, 0.29) is 54.4 Å². The predicted octanol–water partition coefficient (Wildman–Crippen LogP) is 15.3. The fourth-order valence-electron chi connectivity index (χ4n) is 11.5. The van der Waals surface area contributed by atoms with Gasteiger partial charge in [0, 0.05) is 44.3 Å². The van der Waals surface area contributed by atoms with Crippen LogP contribution in [0.4, 0.5) is 0 Å². The normalized spacial score (nSPS) is 13.4.